The summed E-state index contributed by atoms with van der Waals surface area (Å²) in [5, 5.41) is 4.10. The molecule has 0 N–H and O–H groups in total. The largest absolute Gasteiger partial charge is 0.337 e. The minimum Gasteiger partial charge on any atom is -0.337 e. The zero-order valence-electron chi connectivity index (χ0n) is 12.4. The van der Waals surface area contributed by atoms with Crippen molar-refractivity contribution in [3.63, 3.8) is 0 Å². The van der Waals surface area contributed by atoms with Crippen LogP contribution in [0.1, 0.15) is 15.9 Å². The van der Waals surface area contributed by atoms with E-state index in [2.05, 4.69) is 17.5 Å². The van der Waals surface area contributed by atoms with E-state index in [0.717, 1.165) is 16.7 Å². The molecule has 2 aromatic carbocycles. The van der Waals surface area contributed by atoms with E-state index in [1.54, 1.807) is 16.2 Å². The molecule has 2 nitrogen and oxygen atoms in total. The molecule has 0 aliphatic carbocycles. The predicted octanol–water partition coefficient (Wildman–Crippen LogP) is 4.69. The lowest BCUT2D eigenvalue weighted by Crippen LogP contribution is -2.25. The minimum absolute atomic E-state index is 0.0470. The van der Waals surface area contributed by atoms with Crippen molar-refractivity contribution >= 4 is 17.2 Å². The molecule has 0 unspecified atom stereocenters. The van der Waals surface area contributed by atoms with Gasteiger partial charge in [0.05, 0.1) is 0 Å². The van der Waals surface area contributed by atoms with Crippen LogP contribution in [0.2, 0.25) is 0 Å². The van der Waals surface area contributed by atoms with Crippen molar-refractivity contribution in [3.8, 4) is 11.1 Å². The Morgan fingerprint density at radius 1 is 0.955 bits per heavy atom. The van der Waals surface area contributed by atoms with Crippen LogP contribution in [-0.4, -0.2) is 17.9 Å². The zero-order chi connectivity index (χ0) is 15.4. The van der Waals surface area contributed by atoms with Gasteiger partial charge < -0.3 is 4.90 Å². The van der Waals surface area contributed by atoms with Crippen LogP contribution in [-0.2, 0) is 6.54 Å². The molecule has 22 heavy (non-hydrogen) atoms. The van der Waals surface area contributed by atoms with Gasteiger partial charge in [0.2, 0.25) is 0 Å². The van der Waals surface area contributed by atoms with E-state index >= 15 is 0 Å². The van der Waals surface area contributed by atoms with Gasteiger partial charge in [-0.3, -0.25) is 4.79 Å². The molecule has 0 radical (unpaired) electrons. The van der Waals surface area contributed by atoms with Gasteiger partial charge in [-0.1, -0.05) is 42.5 Å². The number of benzene rings is 2. The molecule has 3 heteroatoms. The highest BCUT2D eigenvalue weighted by Gasteiger charge is 2.12. The molecule has 1 aromatic heterocycles. The van der Waals surface area contributed by atoms with Gasteiger partial charge in [0.25, 0.3) is 5.91 Å². The number of carbonyl (C=O) groups is 1. The first-order valence-electron chi connectivity index (χ1n) is 7.16. The number of thiophene rings is 1. The van der Waals surface area contributed by atoms with Gasteiger partial charge in [0.15, 0.2) is 0 Å². The maximum absolute atomic E-state index is 12.4. The van der Waals surface area contributed by atoms with Crippen molar-refractivity contribution in [3.05, 3.63) is 82.6 Å². The maximum Gasteiger partial charge on any atom is 0.253 e. The van der Waals surface area contributed by atoms with E-state index in [4.69, 9.17) is 0 Å². The maximum atomic E-state index is 12.4. The van der Waals surface area contributed by atoms with Crippen molar-refractivity contribution in [2.75, 3.05) is 7.05 Å². The molecule has 3 rings (SSSR count). The molecule has 0 saturated carbocycles. The molecule has 3 aromatic rings. The average Bonchev–Trinajstić information content (AvgIpc) is 3.08. The number of rotatable bonds is 4. The fourth-order valence-corrected chi connectivity index (χ4v) is 3.04. The fraction of sp³-hybridized carbons (Fsp3) is 0.105. The van der Waals surface area contributed by atoms with Crippen LogP contribution in [0.25, 0.3) is 11.1 Å². The van der Waals surface area contributed by atoms with Gasteiger partial charge in [-0.25, -0.2) is 0 Å². The highest BCUT2D eigenvalue weighted by atomic mass is 32.1. The van der Waals surface area contributed by atoms with Crippen LogP contribution in [0.15, 0.2) is 71.4 Å². The molecule has 0 spiro atoms. The van der Waals surface area contributed by atoms with E-state index in [0.29, 0.717) is 6.54 Å². The summed E-state index contributed by atoms with van der Waals surface area (Å²) in [6.45, 7) is 0.642. The second kappa shape index (κ2) is 6.58. The third-order valence-electron chi connectivity index (χ3n) is 3.59. The van der Waals surface area contributed by atoms with Crippen molar-refractivity contribution in [2.24, 2.45) is 0 Å². The zero-order valence-corrected chi connectivity index (χ0v) is 13.2. The standard InChI is InChI=1S/C19H17NOS/c1-20(13-15-11-12-22-14-15)19(21)18-9-7-17(8-10-18)16-5-3-2-4-6-16/h2-12,14H,13H2,1H3. The first kappa shape index (κ1) is 14.5. The number of amides is 1. The summed E-state index contributed by atoms with van der Waals surface area (Å²) >= 11 is 1.65. The molecule has 0 aliphatic rings. The number of nitrogens with zero attached hydrogens (tertiary/aromatic N) is 1. The smallest absolute Gasteiger partial charge is 0.253 e. The summed E-state index contributed by atoms with van der Waals surface area (Å²) < 4.78 is 0. The van der Waals surface area contributed by atoms with Crippen LogP contribution >= 0.6 is 11.3 Å². The Kier molecular flexibility index (Phi) is 4.35. The first-order valence-corrected chi connectivity index (χ1v) is 8.10. The van der Waals surface area contributed by atoms with Crippen molar-refractivity contribution in [1.82, 2.24) is 4.90 Å². The quantitative estimate of drug-likeness (QED) is 0.685. The lowest BCUT2D eigenvalue weighted by atomic mass is 10.0. The van der Waals surface area contributed by atoms with E-state index in [9.17, 15) is 4.79 Å². The Bertz CT molecular complexity index is 733. The number of hydrogen-bond donors (Lipinski definition) is 0. The average molecular weight is 307 g/mol. The highest BCUT2D eigenvalue weighted by Crippen LogP contribution is 2.20. The Morgan fingerprint density at radius 3 is 2.27 bits per heavy atom. The van der Waals surface area contributed by atoms with Crippen molar-refractivity contribution in [1.29, 1.82) is 0 Å². The van der Waals surface area contributed by atoms with Crippen LogP contribution < -0.4 is 0 Å². The van der Waals surface area contributed by atoms with Crippen molar-refractivity contribution in [2.45, 2.75) is 6.54 Å². The van der Waals surface area contributed by atoms with E-state index in [-0.39, 0.29) is 5.91 Å². The van der Waals surface area contributed by atoms with Gasteiger partial charge in [-0.05, 0) is 45.6 Å². The van der Waals surface area contributed by atoms with Crippen LogP contribution in [0.5, 0.6) is 0 Å². The second-order valence-electron chi connectivity index (χ2n) is 5.24. The SMILES string of the molecule is CN(Cc1ccsc1)C(=O)c1ccc(-c2ccccc2)cc1. The molecule has 0 saturated heterocycles. The van der Waals surface area contributed by atoms with E-state index in [1.807, 2.05) is 61.0 Å². The van der Waals surface area contributed by atoms with Crippen molar-refractivity contribution < 1.29 is 4.79 Å². The summed E-state index contributed by atoms with van der Waals surface area (Å²) in [6, 6.07) is 20.0. The Labute approximate surface area is 134 Å². The van der Waals surface area contributed by atoms with Gasteiger partial charge >= 0.3 is 0 Å². The third kappa shape index (κ3) is 3.26. The molecule has 0 atom stereocenters. The van der Waals surface area contributed by atoms with E-state index < -0.39 is 0 Å². The first-order chi connectivity index (χ1) is 10.7. The summed E-state index contributed by atoms with van der Waals surface area (Å²) in [4.78, 5) is 14.2. The number of hydrogen-bond acceptors (Lipinski definition) is 2. The molecule has 0 bridgehead atoms. The highest BCUT2D eigenvalue weighted by molar-refractivity contribution is 7.07. The Balaban J connectivity index is 1.73. The van der Waals surface area contributed by atoms with Gasteiger partial charge in [0.1, 0.15) is 0 Å². The molecule has 0 fully saturated rings. The minimum atomic E-state index is 0.0470. The van der Waals surface area contributed by atoms with Gasteiger partial charge in [-0.2, -0.15) is 11.3 Å². The summed E-state index contributed by atoms with van der Waals surface area (Å²) in [6.07, 6.45) is 0. The van der Waals surface area contributed by atoms with E-state index in [1.165, 1.54) is 5.56 Å². The summed E-state index contributed by atoms with van der Waals surface area (Å²) in [5.41, 5.74) is 4.17. The van der Waals surface area contributed by atoms with Gasteiger partial charge in [-0.15, -0.1) is 0 Å². The Morgan fingerprint density at radius 2 is 1.64 bits per heavy atom. The lowest BCUT2D eigenvalue weighted by molar-refractivity contribution is 0.0785. The molecular formula is C19H17NOS. The fourth-order valence-electron chi connectivity index (χ4n) is 2.38. The third-order valence-corrected chi connectivity index (χ3v) is 4.32. The molecular weight excluding hydrogens is 290 g/mol. The second-order valence-corrected chi connectivity index (χ2v) is 6.02. The molecule has 0 aliphatic heterocycles. The summed E-state index contributed by atoms with van der Waals surface area (Å²) in [7, 11) is 1.84. The lowest BCUT2D eigenvalue weighted by Gasteiger charge is -2.16. The molecule has 110 valence electrons. The van der Waals surface area contributed by atoms with Crippen LogP contribution in [0.3, 0.4) is 0 Å². The predicted molar refractivity (Wildman–Crippen MR) is 92.0 cm³/mol. The van der Waals surface area contributed by atoms with Crippen LogP contribution in [0.4, 0.5) is 0 Å². The normalized spacial score (nSPS) is 10.4. The Hall–Kier alpha value is -2.39. The molecule has 1 heterocycles. The molecule has 1 amide bonds. The van der Waals surface area contributed by atoms with Gasteiger partial charge in [0, 0.05) is 19.2 Å². The van der Waals surface area contributed by atoms with Crippen LogP contribution in [0, 0.1) is 0 Å². The summed E-state index contributed by atoms with van der Waals surface area (Å²) in [5.74, 6) is 0.0470. The topological polar surface area (TPSA) is 20.3 Å². The number of carbonyl (C=O) groups excluding carboxylic acids is 1. The monoisotopic (exact) mass is 307 g/mol.